The minimum Gasteiger partial charge on any atom is -0.421 e. The highest BCUT2D eigenvalue weighted by molar-refractivity contribution is 9.11. The van der Waals surface area contributed by atoms with E-state index in [2.05, 4.69) is 41.8 Å². The summed E-state index contributed by atoms with van der Waals surface area (Å²) in [5.74, 6) is 0.152. The lowest BCUT2D eigenvalue weighted by atomic mass is 10.2. The van der Waals surface area contributed by atoms with Gasteiger partial charge < -0.3 is 4.42 Å². The number of fused-ring (bicyclic) bond motifs is 2. The Morgan fingerprint density at radius 3 is 2.55 bits per heavy atom. The van der Waals surface area contributed by atoms with Gasteiger partial charge in [-0.15, -0.1) is 0 Å². The van der Waals surface area contributed by atoms with Crippen molar-refractivity contribution in [3.63, 3.8) is 0 Å². The average molecular weight is 403 g/mol. The minimum absolute atomic E-state index is 0.152. The van der Waals surface area contributed by atoms with Crippen molar-refractivity contribution in [3.8, 4) is 11.5 Å². The summed E-state index contributed by atoms with van der Waals surface area (Å²) in [7, 11) is 0. The van der Waals surface area contributed by atoms with Crippen molar-refractivity contribution >= 4 is 42.8 Å². The molecule has 0 saturated heterocycles. The van der Waals surface area contributed by atoms with E-state index in [9.17, 15) is 9.59 Å². The molecule has 3 rings (SSSR count). The van der Waals surface area contributed by atoms with Gasteiger partial charge in [-0.3, -0.25) is 0 Å². The zero-order valence-corrected chi connectivity index (χ0v) is 13.9. The first-order valence-electron chi connectivity index (χ1n) is 5.93. The third-order valence-corrected chi connectivity index (χ3v) is 3.53. The average Bonchev–Trinajstić information content (AvgIpc) is 2.40. The van der Waals surface area contributed by atoms with Crippen LogP contribution in [0.15, 0.2) is 41.2 Å². The van der Waals surface area contributed by atoms with Crippen molar-refractivity contribution in [1.82, 2.24) is 4.98 Å². The molecule has 104 valence electrons. The Kier molecular flexibility index (Phi) is 4.39. The fourth-order valence-electron chi connectivity index (χ4n) is 1.74. The summed E-state index contributed by atoms with van der Waals surface area (Å²) in [4.78, 5) is 27.5. The first kappa shape index (κ1) is 14.9. The second kappa shape index (κ2) is 5.88. The van der Waals surface area contributed by atoms with Crippen LogP contribution in [0, 0.1) is 0 Å². The van der Waals surface area contributed by atoms with E-state index in [4.69, 9.17) is 4.42 Å². The molecule has 20 heavy (non-hydrogen) atoms. The second-order valence-electron chi connectivity index (χ2n) is 3.70. The first-order chi connectivity index (χ1) is 9.54. The van der Waals surface area contributed by atoms with Gasteiger partial charge in [0.05, 0.1) is 4.47 Å². The predicted molar refractivity (Wildman–Crippen MR) is 83.0 cm³/mol. The number of hydrogen-bond donors (Lipinski definition) is 1. The lowest BCUT2D eigenvalue weighted by molar-refractivity contribution is -0.403. The van der Waals surface area contributed by atoms with Gasteiger partial charge in [0.15, 0.2) is 11.1 Å². The summed E-state index contributed by atoms with van der Waals surface area (Å²) in [5.41, 5.74) is -0.210. The summed E-state index contributed by atoms with van der Waals surface area (Å²) >= 11 is 6.73. The molecule has 0 atom stereocenters. The van der Waals surface area contributed by atoms with E-state index >= 15 is 0 Å². The topological polar surface area (TPSA) is 77.2 Å². The van der Waals surface area contributed by atoms with Crippen molar-refractivity contribution in [2.75, 3.05) is 0 Å². The normalized spacial score (nSPS) is 10.4. The van der Waals surface area contributed by atoms with Crippen LogP contribution in [0.4, 0.5) is 0 Å². The lowest BCUT2D eigenvalue weighted by Gasteiger charge is -2.04. The van der Waals surface area contributed by atoms with Crippen LogP contribution < -0.4 is 16.2 Å². The third-order valence-electron chi connectivity index (χ3n) is 2.48. The summed E-state index contributed by atoms with van der Waals surface area (Å²) in [6.07, 6.45) is 0. The van der Waals surface area contributed by atoms with Gasteiger partial charge in [-0.1, -0.05) is 29.8 Å². The highest BCUT2D eigenvalue weighted by Gasteiger charge is 2.19. The Labute approximate surface area is 130 Å². The molecule has 2 heterocycles. The second-order valence-corrected chi connectivity index (χ2v) is 5.47. The van der Waals surface area contributed by atoms with Crippen molar-refractivity contribution in [2.45, 2.75) is 13.8 Å². The fourth-order valence-corrected chi connectivity index (χ4v) is 3.08. The van der Waals surface area contributed by atoms with Crippen molar-refractivity contribution in [3.05, 3.63) is 48.0 Å². The van der Waals surface area contributed by atoms with Crippen molar-refractivity contribution in [2.24, 2.45) is 0 Å². The van der Waals surface area contributed by atoms with E-state index < -0.39 is 11.2 Å². The first-order valence-corrected chi connectivity index (χ1v) is 7.51. The van der Waals surface area contributed by atoms with Crippen LogP contribution in [0.25, 0.3) is 22.4 Å². The fraction of sp³-hybridized carbons (Fsp3) is 0.154. The van der Waals surface area contributed by atoms with E-state index in [0.29, 0.717) is 11.1 Å². The van der Waals surface area contributed by atoms with Crippen LogP contribution in [0.5, 0.6) is 0 Å². The van der Waals surface area contributed by atoms with Gasteiger partial charge >= 0.3 is 17.1 Å². The standard InChI is InChI=1S/C11H4Br2N2O3.C2H6/c12-5-1-4-2-6-9(16)14-11(17)15-10(6)18-8(4)7(13)3-5;1-2/h1-3H,(H,14,16,17);1-2H3/p+1. The zero-order chi connectivity index (χ0) is 14.9. The predicted octanol–water partition coefficient (Wildman–Crippen LogP) is 2.95. The Morgan fingerprint density at radius 2 is 1.85 bits per heavy atom. The number of aromatic nitrogens is 2. The molecule has 0 spiro atoms. The summed E-state index contributed by atoms with van der Waals surface area (Å²) in [6, 6.07) is 5.31. The van der Waals surface area contributed by atoms with Gasteiger partial charge in [-0.05, 0) is 34.1 Å². The van der Waals surface area contributed by atoms with E-state index in [0.717, 1.165) is 14.3 Å². The van der Waals surface area contributed by atoms with Crippen molar-refractivity contribution in [1.29, 1.82) is 0 Å². The molecule has 2 aliphatic rings. The molecule has 0 saturated carbocycles. The van der Waals surface area contributed by atoms with Crippen LogP contribution in [-0.4, -0.2) is 4.98 Å². The smallest absolute Gasteiger partial charge is 0.421 e. The molecule has 0 unspecified atom stereocenters. The van der Waals surface area contributed by atoms with E-state index in [1.807, 2.05) is 26.0 Å². The largest absolute Gasteiger partial charge is 0.499 e. The van der Waals surface area contributed by atoms with Crippen LogP contribution in [0.3, 0.4) is 0 Å². The van der Waals surface area contributed by atoms with Gasteiger partial charge in [0.1, 0.15) is 0 Å². The summed E-state index contributed by atoms with van der Waals surface area (Å²) in [5, 5.41) is 0.751. The molecule has 0 radical (unpaired) electrons. The molecule has 5 nitrogen and oxygen atoms in total. The summed E-state index contributed by atoms with van der Waals surface area (Å²) in [6.45, 7) is 4.00. The maximum absolute atomic E-state index is 11.7. The van der Waals surface area contributed by atoms with Gasteiger partial charge in [0, 0.05) is 9.86 Å². The van der Waals surface area contributed by atoms with Gasteiger partial charge in [-0.25, -0.2) is 4.79 Å². The number of H-pyrrole nitrogens is 2. The molecule has 2 aliphatic heterocycles. The number of nitrogens with one attached hydrogen (secondary N) is 2. The molecule has 0 aromatic heterocycles. The number of hydrogen-bond acceptors (Lipinski definition) is 3. The molecular weight excluding hydrogens is 392 g/mol. The van der Waals surface area contributed by atoms with E-state index in [-0.39, 0.29) is 5.89 Å². The number of halogens is 2. The third kappa shape index (κ3) is 2.69. The SMILES string of the molecule is CC.O=c1[nH]c(=O)c2cc3cc(Br)cc(Br)c3oc-2[nH+]1. The van der Waals surface area contributed by atoms with Gasteiger partial charge in [-0.2, -0.15) is 14.8 Å². The van der Waals surface area contributed by atoms with Gasteiger partial charge in [0.2, 0.25) is 0 Å². The Bertz CT molecular complexity index is 854. The highest BCUT2D eigenvalue weighted by Crippen LogP contribution is 2.31. The van der Waals surface area contributed by atoms with Gasteiger partial charge in [0.25, 0.3) is 0 Å². The van der Waals surface area contributed by atoms with Crippen LogP contribution >= 0.6 is 31.9 Å². The molecule has 0 fully saturated rings. The van der Waals surface area contributed by atoms with Crippen LogP contribution in [-0.2, 0) is 0 Å². The maximum Gasteiger partial charge on any atom is 0.499 e. The number of rotatable bonds is 0. The zero-order valence-electron chi connectivity index (χ0n) is 10.7. The quantitative estimate of drug-likeness (QED) is 0.587. The molecular formula is C13H11Br2N2O3+. The highest BCUT2D eigenvalue weighted by atomic mass is 79.9. The van der Waals surface area contributed by atoms with E-state index in [1.54, 1.807) is 6.07 Å². The Balaban J connectivity index is 0.000000704. The molecule has 1 aromatic carbocycles. The van der Waals surface area contributed by atoms with E-state index in [1.165, 1.54) is 0 Å². The molecule has 0 amide bonds. The Morgan fingerprint density at radius 1 is 1.15 bits per heavy atom. The number of benzene rings is 1. The molecule has 2 N–H and O–H groups in total. The lowest BCUT2D eigenvalue weighted by Crippen LogP contribution is -2.38. The molecule has 0 bridgehead atoms. The maximum atomic E-state index is 11.7. The molecule has 1 aromatic rings. The minimum atomic E-state index is -0.594. The number of aromatic amines is 2. The van der Waals surface area contributed by atoms with Crippen LogP contribution in [0.2, 0.25) is 0 Å². The van der Waals surface area contributed by atoms with Crippen molar-refractivity contribution < 1.29 is 9.40 Å². The van der Waals surface area contributed by atoms with Crippen LogP contribution in [0.1, 0.15) is 13.8 Å². The monoisotopic (exact) mass is 401 g/mol. The summed E-state index contributed by atoms with van der Waals surface area (Å²) < 4.78 is 7.14. The molecule has 7 heteroatoms. The Hall–Kier alpha value is -1.47. The molecule has 0 aliphatic carbocycles.